The Morgan fingerprint density at radius 2 is 0.710 bits per heavy atom. The fraction of sp³-hybridized carbons (Fsp3) is 1.00. The largest absolute Gasteiger partial charge is 0.450 e. The van der Waals surface area contributed by atoms with Crippen molar-refractivity contribution in [2.75, 3.05) is 0 Å². The van der Waals surface area contributed by atoms with Crippen molar-refractivity contribution >= 4 is 20.3 Å². The Morgan fingerprint density at radius 1 is 0.484 bits per heavy atom. The highest BCUT2D eigenvalue weighted by molar-refractivity contribution is 8.46. The predicted molar refractivity (Wildman–Crippen MR) is 59.3 cm³/mol. The summed E-state index contributed by atoms with van der Waals surface area (Å²) in [4.78, 5) is 0. The molecule has 192 valence electrons. The van der Waals surface area contributed by atoms with E-state index in [1.54, 1.807) is 0 Å². The van der Waals surface area contributed by atoms with Gasteiger partial charge < -0.3 is 0 Å². The molecule has 0 aromatic rings. The maximum Gasteiger partial charge on any atom is 0.450 e. The van der Waals surface area contributed by atoms with Crippen molar-refractivity contribution < 1.29 is 93.9 Å². The molecule has 0 unspecified atom stereocenters. The van der Waals surface area contributed by atoms with Crippen molar-refractivity contribution in [3.05, 3.63) is 0 Å². The molecule has 0 amide bonds. The van der Waals surface area contributed by atoms with Crippen LogP contribution in [0.5, 0.6) is 0 Å². The third-order valence-corrected chi connectivity index (χ3v) is 5.25. The normalized spacial score (nSPS) is 19.1. The first-order valence-corrected chi connectivity index (χ1v) is 9.23. The topological polar surface area (TPSA) is 54.4 Å². The van der Waals surface area contributed by atoms with E-state index in [2.05, 4.69) is 0 Å². The standard InChI is InChI=1S/C7HF19O3S2/c8-1(9,2(10,11)4(14,15)6(18,19)30(27,28)29)3(12,13)5(16,17)7(20,21)31(22,23,24,25)26/h(H,27,28,29). The molecule has 3 nitrogen and oxygen atoms in total. The Bertz CT molecular complexity index is 836. The van der Waals surface area contributed by atoms with Crippen LogP contribution < -0.4 is 0 Å². The Morgan fingerprint density at radius 3 is 0.935 bits per heavy atom. The molecule has 24 heteroatoms. The molecular weight excluding hydrogens is 557 g/mol. The molecule has 0 saturated heterocycles. The molecule has 0 bridgehead atoms. The summed E-state index contributed by atoms with van der Waals surface area (Å²) in [7, 11) is -21.5. The second-order valence-electron chi connectivity index (χ2n) is 5.35. The van der Waals surface area contributed by atoms with E-state index in [1.807, 2.05) is 0 Å². The summed E-state index contributed by atoms with van der Waals surface area (Å²) in [6, 6.07) is 0. The lowest BCUT2D eigenvalue weighted by atomic mass is 9.94. The number of halogens is 19. The lowest BCUT2D eigenvalue weighted by Gasteiger charge is -2.50. The van der Waals surface area contributed by atoms with E-state index < -0.39 is 60.5 Å². The van der Waals surface area contributed by atoms with Crippen LogP contribution >= 0.6 is 10.2 Å². The number of hydrogen-bond acceptors (Lipinski definition) is 2. The Balaban J connectivity index is 7.15. The zero-order valence-corrected chi connectivity index (χ0v) is 14.4. The molecule has 0 heterocycles. The molecule has 0 aliphatic carbocycles. The van der Waals surface area contributed by atoms with Crippen LogP contribution in [-0.2, 0) is 10.1 Å². The summed E-state index contributed by atoms with van der Waals surface area (Å²) in [5, 5.41) is -17.7. The van der Waals surface area contributed by atoms with Crippen LogP contribution in [-0.4, -0.2) is 53.1 Å². The molecule has 0 fully saturated rings. The van der Waals surface area contributed by atoms with Gasteiger partial charge in [0.05, 0.1) is 0 Å². The maximum atomic E-state index is 13.1. The van der Waals surface area contributed by atoms with E-state index in [-0.39, 0.29) is 0 Å². The average molecular weight is 558 g/mol. The van der Waals surface area contributed by atoms with Gasteiger partial charge in [0.1, 0.15) is 0 Å². The lowest BCUT2D eigenvalue weighted by Crippen LogP contribution is -2.74. The van der Waals surface area contributed by atoms with Gasteiger partial charge >= 0.3 is 60.5 Å². The van der Waals surface area contributed by atoms with Crippen molar-refractivity contribution in [2.45, 2.75) is 40.1 Å². The second-order valence-corrected chi connectivity index (χ2v) is 9.26. The molecule has 0 aliphatic rings. The van der Waals surface area contributed by atoms with E-state index >= 15 is 0 Å². The Hall–Kier alpha value is -1.07. The quantitative estimate of drug-likeness (QED) is 0.272. The van der Waals surface area contributed by atoms with Gasteiger partial charge in [0, 0.05) is 0 Å². The molecule has 0 spiro atoms. The first-order valence-electron chi connectivity index (χ1n) is 5.84. The van der Waals surface area contributed by atoms with Crippen molar-refractivity contribution in [1.29, 1.82) is 0 Å². The smallest absolute Gasteiger partial charge is 0.281 e. The van der Waals surface area contributed by atoms with Gasteiger partial charge in [-0.25, -0.2) is 0 Å². The predicted octanol–water partition coefficient (Wildman–Crippen LogP) is 6.53. The first kappa shape index (κ1) is 29.9. The first-order chi connectivity index (χ1) is 12.5. The molecule has 0 saturated carbocycles. The highest BCUT2D eigenvalue weighted by Gasteiger charge is 3.01. The summed E-state index contributed by atoms with van der Waals surface area (Å²) in [6.45, 7) is 0. The van der Waals surface area contributed by atoms with Crippen molar-refractivity contribution in [1.82, 2.24) is 0 Å². The second kappa shape index (κ2) is 5.88. The Kier molecular flexibility index (Phi) is 5.68. The number of alkyl halides is 14. The van der Waals surface area contributed by atoms with E-state index in [9.17, 15) is 89.3 Å². The van der Waals surface area contributed by atoms with Gasteiger partial charge in [-0.2, -0.15) is 69.9 Å². The number of rotatable bonds is 8. The SMILES string of the molecule is O=S(=O)(O)C(F)(F)C(F)(F)C(F)(F)C(F)(F)C(F)(F)C(F)(F)C(F)(F)S(F)(F)(F)(F)F. The van der Waals surface area contributed by atoms with Crippen LogP contribution in [0.2, 0.25) is 0 Å². The van der Waals surface area contributed by atoms with Gasteiger partial charge in [0.2, 0.25) is 0 Å². The highest BCUT2D eigenvalue weighted by atomic mass is 32.5. The minimum absolute atomic E-state index is 7.64. The van der Waals surface area contributed by atoms with Crippen LogP contribution in [0.1, 0.15) is 0 Å². The molecule has 1 N–H and O–H groups in total. The van der Waals surface area contributed by atoms with Crippen molar-refractivity contribution in [3.8, 4) is 0 Å². The van der Waals surface area contributed by atoms with Gasteiger partial charge in [0.25, 0.3) is 0 Å². The molecule has 0 rings (SSSR count). The zero-order chi connectivity index (χ0) is 26.4. The van der Waals surface area contributed by atoms with Gasteiger partial charge in [-0.3, -0.25) is 4.55 Å². The van der Waals surface area contributed by atoms with Crippen molar-refractivity contribution in [2.24, 2.45) is 0 Å². The third kappa shape index (κ3) is 3.55. The molecule has 0 aliphatic heterocycles. The molecule has 0 atom stereocenters. The summed E-state index contributed by atoms with van der Waals surface area (Å²) >= 11 is 0. The number of hydrogen-bond donors (Lipinski definition) is 1. The van der Waals surface area contributed by atoms with E-state index in [0.717, 1.165) is 0 Å². The summed E-state index contributed by atoms with van der Waals surface area (Å²) in [6.07, 6.45) is 0. The zero-order valence-electron chi connectivity index (χ0n) is 12.8. The lowest BCUT2D eigenvalue weighted by molar-refractivity contribution is -0.430. The van der Waals surface area contributed by atoms with Crippen LogP contribution in [0.4, 0.5) is 80.9 Å². The van der Waals surface area contributed by atoms with Crippen LogP contribution in [0, 0.1) is 0 Å². The van der Waals surface area contributed by atoms with Crippen molar-refractivity contribution in [3.63, 3.8) is 0 Å². The van der Waals surface area contributed by atoms with Gasteiger partial charge in [-0.1, -0.05) is 19.4 Å². The fourth-order valence-corrected chi connectivity index (χ4v) is 2.43. The summed E-state index contributed by atoms with van der Waals surface area (Å²) in [5.74, 6) is -45.7. The molecule has 0 aromatic heterocycles. The molecular formula is C7HF19O3S2. The van der Waals surface area contributed by atoms with E-state index in [0.29, 0.717) is 0 Å². The summed E-state index contributed by atoms with van der Waals surface area (Å²) < 4.78 is 267. The highest BCUT2D eigenvalue weighted by Crippen LogP contribution is 3.06. The third-order valence-electron chi connectivity index (χ3n) is 3.12. The Labute approximate surface area is 155 Å². The fourth-order valence-electron chi connectivity index (χ4n) is 1.36. The molecule has 0 aromatic carbocycles. The van der Waals surface area contributed by atoms with Crippen LogP contribution in [0.15, 0.2) is 0 Å². The maximum absolute atomic E-state index is 13.4. The van der Waals surface area contributed by atoms with Crippen LogP contribution in [0.25, 0.3) is 0 Å². The molecule has 31 heavy (non-hydrogen) atoms. The van der Waals surface area contributed by atoms with Gasteiger partial charge in [-0.05, 0) is 0 Å². The van der Waals surface area contributed by atoms with Crippen LogP contribution in [0.3, 0.4) is 0 Å². The minimum Gasteiger partial charge on any atom is -0.281 e. The van der Waals surface area contributed by atoms with E-state index in [4.69, 9.17) is 4.55 Å². The monoisotopic (exact) mass is 558 g/mol. The average Bonchev–Trinajstić information content (AvgIpc) is 2.41. The van der Waals surface area contributed by atoms with Gasteiger partial charge in [-0.15, -0.1) is 0 Å². The van der Waals surface area contributed by atoms with E-state index in [1.165, 1.54) is 0 Å². The summed E-state index contributed by atoms with van der Waals surface area (Å²) in [5.41, 5.74) is 0. The minimum atomic E-state index is -13.4. The van der Waals surface area contributed by atoms with Gasteiger partial charge in [0.15, 0.2) is 0 Å². The molecule has 0 radical (unpaired) electrons.